The van der Waals surface area contributed by atoms with Crippen LogP contribution in [0.15, 0.2) is 88.5 Å². The molecule has 0 atom stereocenters. The molecule has 0 saturated heterocycles. The van der Waals surface area contributed by atoms with Crippen LogP contribution in [0, 0.1) is 6.92 Å². The second-order valence-electron chi connectivity index (χ2n) is 9.83. The Kier molecular flexibility index (Phi) is 6.96. The number of para-hydroxylation sites is 2. The van der Waals surface area contributed by atoms with Crippen LogP contribution in [0.25, 0.3) is 28.1 Å². The van der Waals surface area contributed by atoms with E-state index in [0.29, 0.717) is 6.10 Å². The van der Waals surface area contributed by atoms with E-state index >= 15 is 0 Å². The van der Waals surface area contributed by atoms with E-state index in [1.807, 2.05) is 32.4 Å². The molecule has 0 radical (unpaired) electrons. The fourth-order valence-electron chi connectivity index (χ4n) is 5.29. The number of nitrogens with zero attached hydrogens (tertiary/aromatic N) is 4. The summed E-state index contributed by atoms with van der Waals surface area (Å²) >= 11 is 3.58. The number of halogens is 1. The Morgan fingerprint density at radius 1 is 0.947 bits per heavy atom. The normalized spacial score (nSPS) is 18.2. The van der Waals surface area contributed by atoms with Gasteiger partial charge in [0.05, 0.1) is 57.0 Å². The molecule has 192 valence electrons. The summed E-state index contributed by atoms with van der Waals surface area (Å²) in [5.74, 6) is 0. The van der Waals surface area contributed by atoms with Crippen molar-refractivity contribution in [1.29, 1.82) is 0 Å². The standard InChI is InChI=1S/C31H30BrN5O/c1-20-25(7-5-17-33-20)35-27-18-29-31(19-28(27)34-22-11-15-24(38-2)16-12-22)37(23-13-9-21(32)10-14-23)30-8-4-3-6-26(30)36-29/h3-10,13-14,17-19,22,24,35H,11-12,15-16H2,1-2H3. The lowest BCUT2D eigenvalue weighted by Crippen LogP contribution is -2.25. The number of methoxy groups -OCH3 is 1. The van der Waals surface area contributed by atoms with Crippen LogP contribution in [0.5, 0.6) is 0 Å². The second-order valence-corrected chi connectivity index (χ2v) is 10.7. The van der Waals surface area contributed by atoms with Gasteiger partial charge in [0.15, 0.2) is 0 Å². The number of hydrogen-bond donors (Lipinski definition) is 1. The van der Waals surface area contributed by atoms with E-state index in [0.717, 1.165) is 80.7 Å². The third-order valence-electron chi connectivity index (χ3n) is 7.36. The van der Waals surface area contributed by atoms with Crippen molar-refractivity contribution in [2.45, 2.75) is 44.8 Å². The predicted molar refractivity (Wildman–Crippen MR) is 156 cm³/mol. The Balaban J connectivity index is 1.58. The molecule has 38 heavy (non-hydrogen) atoms. The first-order valence-electron chi connectivity index (χ1n) is 13.1. The van der Waals surface area contributed by atoms with Gasteiger partial charge in [0, 0.05) is 23.5 Å². The van der Waals surface area contributed by atoms with Crippen LogP contribution >= 0.6 is 15.9 Å². The minimum absolute atomic E-state index is 0.254. The predicted octanol–water partition coefficient (Wildman–Crippen LogP) is 7.20. The van der Waals surface area contributed by atoms with Gasteiger partial charge in [0.1, 0.15) is 0 Å². The summed E-state index contributed by atoms with van der Waals surface area (Å²) in [6.07, 6.45) is 6.26. The molecule has 2 heterocycles. The molecule has 7 heteroatoms. The van der Waals surface area contributed by atoms with Gasteiger partial charge in [0.25, 0.3) is 0 Å². The minimum Gasteiger partial charge on any atom is -0.381 e. The van der Waals surface area contributed by atoms with Crippen molar-refractivity contribution in [3.05, 3.63) is 94.5 Å². The largest absolute Gasteiger partial charge is 0.381 e. The average molecular weight is 569 g/mol. The van der Waals surface area contributed by atoms with Crippen molar-refractivity contribution in [1.82, 2.24) is 14.5 Å². The van der Waals surface area contributed by atoms with Crippen LogP contribution in [0.2, 0.25) is 0 Å². The van der Waals surface area contributed by atoms with Gasteiger partial charge in [-0.1, -0.05) is 28.1 Å². The van der Waals surface area contributed by atoms with Crippen molar-refractivity contribution < 1.29 is 4.74 Å². The van der Waals surface area contributed by atoms with Crippen LogP contribution < -0.4 is 10.7 Å². The Morgan fingerprint density at radius 2 is 1.74 bits per heavy atom. The van der Waals surface area contributed by atoms with E-state index in [9.17, 15) is 0 Å². The van der Waals surface area contributed by atoms with Crippen molar-refractivity contribution in [3.63, 3.8) is 0 Å². The number of nitrogens with one attached hydrogen (secondary N) is 1. The van der Waals surface area contributed by atoms with Crippen LogP contribution in [0.3, 0.4) is 0 Å². The monoisotopic (exact) mass is 567 g/mol. The molecule has 6 rings (SSSR count). The molecule has 0 bridgehead atoms. The molecular formula is C31H30BrN5O. The summed E-state index contributed by atoms with van der Waals surface area (Å²) in [7, 11) is 1.81. The van der Waals surface area contributed by atoms with Gasteiger partial charge < -0.3 is 14.6 Å². The van der Waals surface area contributed by atoms with Crippen LogP contribution in [0.4, 0.5) is 11.4 Å². The van der Waals surface area contributed by atoms with E-state index in [1.54, 1.807) is 0 Å². The first kappa shape index (κ1) is 24.8. The van der Waals surface area contributed by atoms with Gasteiger partial charge in [-0.3, -0.25) is 9.98 Å². The number of aryl methyl sites for hydroxylation is 1. The maximum atomic E-state index is 5.60. The van der Waals surface area contributed by atoms with Crippen molar-refractivity contribution in [3.8, 4) is 17.1 Å². The third kappa shape index (κ3) is 4.96. The lowest BCUT2D eigenvalue weighted by Gasteiger charge is -2.25. The van der Waals surface area contributed by atoms with Crippen molar-refractivity contribution in [2.75, 3.05) is 12.4 Å². The zero-order chi connectivity index (χ0) is 26.1. The number of hydrogen-bond acceptors (Lipinski definition) is 5. The summed E-state index contributed by atoms with van der Waals surface area (Å²) in [5.41, 5.74) is 7.83. The molecule has 2 aromatic carbocycles. The van der Waals surface area contributed by atoms with Gasteiger partial charge in [-0.25, -0.2) is 4.98 Å². The van der Waals surface area contributed by atoms with Crippen LogP contribution in [-0.4, -0.2) is 33.8 Å². The zero-order valence-electron chi connectivity index (χ0n) is 21.6. The summed E-state index contributed by atoms with van der Waals surface area (Å²) in [6, 6.07) is 25.3. The number of fused-ring (bicyclic) bond motifs is 2. The molecule has 3 aliphatic rings. The molecule has 0 amide bonds. The molecule has 3 aromatic rings. The lowest BCUT2D eigenvalue weighted by molar-refractivity contribution is 0.0663. The maximum absolute atomic E-state index is 5.60. The summed E-state index contributed by atoms with van der Waals surface area (Å²) < 4.78 is 8.93. The van der Waals surface area contributed by atoms with E-state index in [-0.39, 0.29) is 6.04 Å². The molecule has 1 aromatic heterocycles. The Morgan fingerprint density at radius 3 is 2.50 bits per heavy atom. The van der Waals surface area contributed by atoms with E-state index in [4.69, 9.17) is 14.7 Å². The van der Waals surface area contributed by atoms with Crippen molar-refractivity contribution in [2.24, 2.45) is 4.99 Å². The lowest BCUT2D eigenvalue weighted by atomic mass is 9.93. The highest BCUT2D eigenvalue weighted by Gasteiger charge is 2.21. The van der Waals surface area contributed by atoms with Crippen LogP contribution in [-0.2, 0) is 4.74 Å². The zero-order valence-corrected chi connectivity index (χ0v) is 23.1. The first-order valence-corrected chi connectivity index (χ1v) is 13.8. The molecule has 1 saturated carbocycles. The van der Waals surface area contributed by atoms with E-state index in [1.165, 1.54) is 0 Å². The minimum atomic E-state index is 0.254. The highest BCUT2D eigenvalue weighted by molar-refractivity contribution is 9.10. The highest BCUT2D eigenvalue weighted by atomic mass is 79.9. The van der Waals surface area contributed by atoms with Gasteiger partial charge >= 0.3 is 0 Å². The van der Waals surface area contributed by atoms with E-state index in [2.05, 4.69) is 91.5 Å². The molecule has 2 aliphatic carbocycles. The third-order valence-corrected chi connectivity index (χ3v) is 7.89. The molecule has 0 unspecified atom stereocenters. The van der Waals surface area contributed by atoms with Crippen molar-refractivity contribution >= 4 is 38.3 Å². The highest BCUT2D eigenvalue weighted by Crippen LogP contribution is 2.31. The fraction of sp³-hybridized carbons (Fsp3) is 0.258. The smallest absolute Gasteiger partial charge is 0.0900 e. The second kappa shape index (κ2) is 10.7. The summed E-state index contributed by atoms with van der Waals surface area (Å²) in [6.45, 7) is 2.01. The van der Waals surface area contributed by atoms with Gasteiger partial charge in [-0.05, 0) is 93.3 Å². The quantitative estimate of drug-likeness (QED) is 0.228. The number of anilines is 2. The Labute approximate surface area is 230 Å². The van der Waals surface area contributed by atoms with Gasteiger partial charge in [0.2, 0.25) is 0 Å². The Hall–Kier alpha value is -3.55. The average Bonchev–Trinajstić information content (AvgIpc) is 2.94. The van der Waals surface area contributed by atoms with Crippen LogP contribution in [0.1, 0.15) is 31.4 Å². The van der Waals surface area contributed by atoms with Gasteiger partial charge in [-0.15, -0.1) is 0 Å². The summed E-state index contributed by atoms with van der Waals surface area (Å²) in [4.78, 5) is 14.8. The number of aromatic nitrogens is 3. The Bertz CT molecular complexity index is 1620. The molecule has 1 N–H and O–H groups in total. The topological polar surface area (TPSA) is 64.3 Å². The molecule has 1 aliphatic heterocycles. The SMILES string of the molecule is COC1CCC(N=c2cc3n(-c4ccc(Br)cc4)c4ccccc4nc-3cc2Nc2cccnc2C)CC1. The summed E-state index contributed by atoms with van der Waals surface area (Å²) in [5, 5.41) is 4.56. The molecule has 1 fully saturated rings. The fourth-order valence-corrected chi connectivity index (χ4v) is 5.55. The number of pyridine rings is 1. The van der Waals surface area contributed by atoms with E-state index < -0.39 is 0 Å². The molecule has 6 nitrogen and oxygen atoms in total. The number of ether oxygens (including phenoxy) is 1. The molecule has 0 spiro atoms. The first-order chi connectivity index (χ1) is 18.6. The van der Waals surface area contributed by atoms with Gasteiger partial charge in [-0.2, -0.15) is 0 Å². The number of benzene rings is 3. The number of rotatable bonds is 5. The molecular weight excluding hydrogens is 538 g/mol. The maximum Gasteiger partial charge on any atom is 0.0900 e.